The van der Waals surface area contributed by atoms with E-state index in [2.05, 4.69) is 9.71 Å². The van der Waals surface area contributed by atoms with Crippen LogP contribution in [-0.4, -0.2) is 23.8 Å². The molecule has 0 saturated heterocycles. The van der Waals surface area contributed by atoms with Gasteiger partial charge in [-0.1, -0.05) is 54.2 Å². The summed E-state index contributed by atoms with van der Waals surface area (Å²) in [5.41, 5.74) is 1.27. The lowest BCUT2D eigenvalue weighted by atomic mass is 10.1. The monoisotopic (exact) mass is 446 g/mol. The first-order valence-corrected chi connectivity index (χ1v) is 12.2. The molecule has 0 bridgehead atoms. The Morgan fingerprint density at radius 3 is 2.48 bits per heavy atom. The Morgan fingerprint density at radius 1 is 1.07 bits per heavy atom. The highest BCUT2D eigenvalue weighted by molar-refractivity contribution is 8.01. The first-order chi connectivity index (χ1) is 13.8. The number of fused-ring (bicyclic) bond motifs is 1. The molecule has 29 heavy (non-hydrogen) atoms. The van der Waals surface area contributed by atoms with Crippen LogP contribution in [0.2, 0.25) is 0 Å². The van der Waals surface area contributed by atoms with Crippen LogP contribution in [0.25, 0.3) is 10.8 Å². The maximum Gasteiger partial charge on any atom is 0.235 e. The van der Waals surface area contributed by atoms with Gasteiger partial charge in [0.15, 0.2) is 4.34 Å². The SMILES string of the molecule is Cc1cccccsc(Sc2cc(NS(=O)(=O)C(C)C)c3ccccc3c2O)n1. The lowest BCUT2D eigenvalue weighted by molar-refractivity contribution is 0.469. The van der Waals surface area contributed by atoms with Gasteiger partial charge in [-0.2, -0.15) is 0 Å². The molecule has 3 aromatic rings. The first-order valence-electron chi connectivity index (χ1n) is 8.97. The van der Waals surface area contributed by atoms with Gasteiger partial charge < -0.3 is 5.11 Å². The summed E-state index contributed by atoms with van der Waals surface area (Å²) in [6.07, 6.45) is 0. The number of phenolic OH excluding ortho intramolecular Hbond substituents is 1. The molecule has 0 saturated carbocycles. The molecular formula is C21H22N2O3S3. The molecule has 3 rings (SSSR count). The molecule has 0 unspecified atom stereocenters. The van der Waals surface area contributed by atoms with Gasteiger partial charge in [0.05, 0.1) is 15.8 Å². The van der Waals surface area contributed by atoms with Gasteiger partial charge in [0.25, 0.3) is 0 Å². The minimum atomic E-state index is -3.53. The third-order valence-corrected chi connectivity index (χ3v) is 7.79. The average molecular weight is 447 g/mol. The Balaban J connectivity index is 2.16. The fourth-order valence-electron chi connectivity index (χ4n) is 2.52. The van der Waals surface area contributed by atoms with Crippen LogP contribution in [0.3, 0.4) is 0 Å². The zero-order chi connectivity index (χ0) is 21.0. The molecule has 0 aliphatic heterocycles. The van der Waals surface area contributed by atoms with Gasteiger partial charge in [0, 0.05) is 16.5 Å². The molecule has 2 aromatic carbocycles. The molecule has 0 aliphatic rings. The number of hydrogen-bond acceptors (Lipinski definition) is 6. The van der Waals surface area contributed by atoms with Crippen molar-refractivity contribution in [1.29, 1.82) is 0 Å². The number of aromatic hydroxyl groups is 1. The second-order valence-electron chi connectivity index (χ2n) is 6.63. The zero-order valence-corrected chi connectivity index (χ0v) is 18.7. The number of aryl methyl sites for hydroxylation is 1. The van der Waals surface area contributed by atoms with Crippen molar-refractivity contribution in [2.24, 2.45) is 0 Å². The van der Waals surface area contributed by atoms with E-state index >= 15 is 0 Å². The Hall–Kier alpha value is -2.29. The highest BCUT2D eigenvalue weighted by Crippen LogP contribution is 2.43. The van der Waals surface area contributed by atoms with Crippen LogP contribution in [0, 0.1) is 6.92 Å². The second-order valence-corrected chi connectivity index (χ2v) is 11.1. The Bertz CT molecular complexity index is 1190. The molecule has 0 radical (unpaired) electrons. The van der Waals surface area contributed by atoms with Gasteiger partial charge in [0.2, 0.25) is 10.0 Å². The van der Waals surface area contributed by atoms with Crippen molar-refractivity contribution in [3.8, 4) is 5.75 Å². The number of rotatable bonds is 5. The van der Waals surface area contributed by atoms with Crippen molar-refractivity contribution in [2.75, 3.05) is 4.72 Å². The molecule has 0 fully saturated rings. The molecule has 0 atom stereocenters. The normalized spacial score (nSPS) is 11.4. The van der Waals surface area contributed by atoms with Gasteiger partial charge in [-0.05, 0) is 38.3 Å². The maximum atomic E-state index is 12.5. The molecule has 0 spiro atoms. The molecule has 1 aromatic heterocycles. The number of phenols is 1. The first kappa shape index (κ1) is 21.4. The third kappa shape index (κ3) is 5.20. The molecule has 0 amide bonds. The minimum absolute atomic E-state index is 0.102. The van der Waals surface area contributed by atoms with E-state index in [1.165, 1.54) is 23.1 Å². The van der Waals surface area contributed by atoms with Crippen molar-refractivity contribution < 1.29 is 13.5 Å². The van der Waals surface area contributed by atoms with E-state index in [1.54, 1.807) is 32.0 Å². The lowest BCUT2D eigenvalue weighted by Gasteiger charge is -2.16. The van der Waals surface area contributed by atoms with Gasteiger partial charge >= 0.3 is 0 Å². The summed E-state index contributed by atoms with van der Waals surface area (Å²) >= 11 is 2.74. The van der Waals surface area contributed by atoms with Crippen LogP contribution in [-0.2, 0) is 10.0 Å². The number of aromatic nitrogens is 1. The molecule has 2 N–H and O–H groups in total. The topological polar surface area (TPSA) is 79.3 Å². The third-order valence-electron chi connectivity index (χ3n) is 4.13. The van der Waals surface area contributed by atoms with E-state index in [4.69, 9.17) is 0 Å². The fraction of sp³-hybridized carbons (Fsp3) is 0.190. The standard InChI is InChI=1S/C21H22N2O3S3/c1-14(2)29(25,26)23-18-13-19(20(24)17-11-7-6-10-16(17)18)28-21-22-15(3)9-5-4-8-12-27-21/h4-14,23-24H,1-3H3. The van der Waals surface area contributed by atoms with Crippen molar-refractivity contribution in [3.05, 3.63) is 65.7 Å². The van der Waals surface area contributed by atoms with Crippen molar-refractivity contribution in [2.45, 2.75) is 35.3 Å². The summed E-state index contributed by atoms with van der Waals surface area (Å²) in [5, 5.41) is 13.4. The van der Waals surface area contributed by atoms with Crippen LogP contribution in [0.1, 0.15) is 19.5 Å². The van der Waals surface area contributed by atoms with Crippen LogP contribution in [0.5, 0.6) is 5.75 Å². The molecule has 1 heterocycles. The van der Waals surface area contributed by atoms with Crippen molar-refractivity contribution >= 4 is 49.6 Å². The highest BCUT2D eigenvalue weighted by atomic mass is 32.2. The number of benzene rings is 2. The number of anilines is 1. The molecule has 8 heteroatoms. The summed E-state index contributed by atoms with van der Waals surface area (Å²) in [4.78, 5) is 5.13. The number of hydrogen-bond donors (Lipinski definition) is 2. The van der Waals surface area contributed by atoms with Crippen LogP contribution >= 0.6 is 23.1 Å². The van der Waals surface area contributed by atoms with E-state index in [1.807, 2.05) is 48.7 Å². The van der Waals surface area contributed by atoms with E-state index < -0.39 is 15.3 Å². The minimum Gasteiger partial charge on any atom is -0.506 e. The summed E-state index contributed by atoms with van der Waals surface area (Å²) in [6.45, 7) is 5.15. The fourth-order valence-corrected chi connectivity index (χ4v) is 5.10. The van der Waals surface area contributed by atoms with Gasteiger partial charge in [0.1, 0.15) is 5.75 Å². The summed E-state index contributed by atoms with van der Waals surface area (Å²) < 4.78 is 28.3. The predicted octanol–water partition coefficient (Wildman–Crippen LogP) is 5.74. The van der Waals surface area contributed by atoms with E-state index in [9.17, 15) is 13.5 Å². The summed E-state index contributed by atoms with van der Waals surface area (Å²) in [7, 11) is -3.53. The molecule has 0 aliphatic carbocycles. The molecular weight excluding hydrogens is 424 g/mol. The summed E-state index contributed by atoms with van der Waals surface area (Å²) in [5.74, 6) is 0.102. The Labute approximate surface area is 179 Å². The molecule has 152 valence electrons. The van der Waals surface area contributed by atoms with Gasteiger partial charge in [-0.25, -0.2) is 13.4 Å². The predicted molar refractivity (Wildman–Crippen MR) is 122 cm³/mol. The van der Waals surface area contributed by atoms with Crippen LogP contribution < -0.4 is 4.72 Å². The van der Waals surface area contributed by atoms with Crippen molar-refractivity contribution in [3.63, 3.8) is 0 Å². The highest BCUT2D eigenvalue weighted by Gasteiger charge is 2.20. The van der Waals surface area contributed by atoms with E-state index in [-0.39, 0.29) is 5.75 Å². The quantitative estimate of drug-likeness (QED) is 0.489. The lowest BCUT2D eigenvalue weighted by Crippen LogP contribution is -2.22. The Morgan fingerprint density at radius 2 is 1.76 bits per heavy atom. The number of nitrogens with zero attached hydrogens (tertiary/aromatic N) is 1. The summed E-state index contributed by atoms with van der Waals surface area (Å²) in [6, 6.07) is 16.5. The van der Waals surface area contributed by atoms with Gasteiger partial charge in [-0.15, -0.1) is 11.3 Å². The van der Waals surface area contributed by atoms with Crippen molar-refractivity contribution in [1.82, 2.24) is 4.98 Å². The van der Waals surface area contributed by atoms with E-state index in [0.29, 0.717) is 21.4 Å². The number of sulfonamides is 1. The van der Waals surface area contributed by atoms with Crippen LogP contribution in [0.4, 0.5) is 5.69 Å². The second kappa shape index (κ2) is 9.02. The zero-order valence-electron chi connectivity index (χ0n) is 16.3. The van der Waals surface area contributed by atoms with E-state index in [0.717, 1.165) is 10.0 Å². The Kier molecular flexibility index (Phi) is 6.66. The van der Waals surface area contributed by atoms with Gasteiger partial charge in [-0.3, -0.25) is 4.72 Å². The number of nitrogens with one attached hydrogen (secondary N) is 1. The average Bonchev–Trinajstić information content (AvgIpc) is 2.77. The smallest absolute Gasteiger partial charge is 0.235 e. The largest absolute Gasteiger partial charge is 0.506 e. The molecule has 5 nitrogen and oxygen atoms in total. The maximum absolute atomic E-state index is 12.5. The van der Waals surface area contributed by atoms with Crippen LogP contribution in [0.15, 0.2) is 69.2 Å².